The van der Waals surface area contributed by atoms with Crippen molar-refractivity contribution in [2.45, 2.75) is 45.1 Å². The van der Waals surface area contributed by atoms with Crippen LogP contribution >= 0.6 is 12.4 Å². The van der Waals surface area contributed by atoms with Crippen molar-refractivity contribution in [2.24, 2.45) is 0 Å². The third-order valence-corrected chi connectivity index (χ3v) is 4.98. The van der Waals surface area contributed by atoms with Gasteiger partial charge in [0.2, 0.25) is 0 Å². The highest BCUT2D eigenvalue weighted by atomic mass is 35.5. The van der Waals surface area contributed by atoms with Gasteiger partial charge in [-0.3, -0.25) is 0 Å². The average Bonchev–Trinajstić information content (AvgIpc) is 3.03. The number of hydrogen-bond acceptors (Lipinski definition) is 3. The lowest BCUT2D eigenvalue weighted by atomic mass is 10.2. The predicted octanol–water partition coefficient (Wildman–Crippen LogP) is 1.11. The van der Waals surface area contributed by atoms with Crippen LogP contribution in [0.2, 0.25) is 0 Å². The van der Waals surface area contributed by atoms with Crippen LogP contribution in [0.25, 0.3) is 0 Å². The number of quaternary nitrogens is 1. The van der Waals surface area contributed by atoms with E-state index in [1.165, 1.54) is 44.3 Å². The van der Waals surface area contributed by atoms with E-state index in [0.717, 1.165) is 29.3 Å². The van der Waals surface area contributed by atoms with Gasteiger partial charge in [0.15, 0.2) is 0 Å². The fraction of sp³-hybridized carbons (Fsp3) is 0.714. The van der Waals surface area contributed by atoms with Crippen LogP contribution in [0.5, 0.6) is 0 Å². The number of hydrogen-bond donors (Lipinski definition) is 1. The Morgan fingerprint density at radius 3 is 2.11 bits per heavy atom. The molecule has 1 saturated heterocycles. The Hall–Kier alpha value is -0.680. The van der Waals surface area contributed by atoms with E-state index in [2.05, 4.69) is 64.1 Å². The zero-order valence-corrected chi connectivity index (χ0v) is 19.8. The van der Waals surface area contributed by atoms with Gasteiger partial charge >= 0.3 is 0 Å². The van der Waals surface area contributed by atoms with E-state index in [0.29, 0.717) is 0 Å². The molecule has 1 aliphatic rings. The van der Waals surface area contributed by atoms with Crippen LogP contribution in [0.4, 0.5) is 11.4 Å². The van der Waals surface area contributed by atoms with Gasteiger partial charge in [0.25, 0.3) is 0 Å². The summed E-state index contributed by atoms with van der Waals surface area (Å²) in [6.45, 7) is 5.80. The normalized spacial score (nSPS) is 16.3. The van der Waals surface area contributed by atoms with Crippen molar-refractivity contribution >= 4 is 23.8 Å². The molecular weight excluding hydrogens is 379 g/mol. The first kappa shape index (κ1) is 28.5. The first-order chi connectivity index (χ1) is 11.7. The molecule has 2 N–H and O–H groups in total. The van der Waals surface area contributed by atoms with Crippen LogP contribution in [0.15, 0.2) is 24.3 Å². The Labute approximate surface area is 180 Å². The van der Waals surface area contributed by atoms with E-state index >= 15 is 0 Å². The van der Waals surface area contributed by atoms with Crippen molar-refractivity contribution in [1.82, 2.24) is 4.90 Å². The third-order valence-electron chi connectivity index (χ3n) is 4.98. The fourth-order valence-corrected chi connectivity index (χ4v) is 3.15. The minimum absolute atomic E-state index is 0. The van der Waals surface area contributed by atoms with Crippen molar-refractivity contribution in [2.75, 3.05) is 65.5 Å². The summed E-state index contributed by atoms with van der Waals surface area (Å²) in [5, 5.41) is 0. The van der Waals surface area contributed by atoms with E-state index in [4.69, 9.17) is 5.73 Å². The molecule has 1 fully saturated rings. The first-order valence-electron chi connectivity index (χ1n) is 9.80. The summed E-state index contributed by atoms with van der Waals surface area (Å²) in [5.41, 5.74) is 7.84. The van der Waals surface area contributed by atoms with E-state index in [9.17, 15) is 0 Å². The molecule has 0 spiro atoms. The molecule has 0 radical (unpaired) electrons. The average molecular weight is 422 g/mol. The second-order valence-corrected chi connectivity index (χ2v) is 8.46. The van der Waals surface area contributed by atoms with Crippen molar-refractivity contribution in [1.29, 1.82) is 0 Å². The van der Waals surface area contributed by atoms with E-state index in [1.807, 2.05) is 12.1 Å². The van der Waals surface area contributed by atoms with Crippen LogP contribution < -0.4 is 23.0 Å². The number of halogens is 2. The van der Waals surface area contributed by atoms with Crippen LogP contribution in [-0.2, 0) is 0 Å². The number of benzene rings is 1. The standard InChI is InChI=1S/C13H22N3.C8H19N.2ClH/c1-16(2,3)13-8-9-15(10-13)12-6-4-11(14)5-7-12;1-4-5-6-7-8-9(2)3;;/h4-7,13H,8-10,14H2,1-3H3;4-8H2,1-3H3;2*1H/q+1;;;/p-1. The molecule has 0 aromatic heterocycles. The Balaban J connectivity index is 0. The van der Waals surface area contributed by atoms with E-state index in [1.54, 1.807) is 0 Å². The summed E-state index contributed by atoms with van der Waals surface area (Å²) in [7, 11) is 11.1. The predicted molar refractivity (Wildman–Crippen MR) is 119 cm³/mol. The molecule has 0 bridgehead atoms. The smallest absolute Gasteiger partial charge is 0.108 e. The summed E-state index contributed by atoms with van der Waals surface area (Å²) >= 11 is 0. The van der Waals surface area contributed by atoms with Crippen molar-refractivity contribution in [3.63, 3.8) is 0 Å². The van der Waals surface area contributed by atoms with Crippen LogP contribution in [0.1, 0.15) is 39.0 Å². The highest BCUT2D eigenvalue weighted by molar-refractivity contribution is 5.85. The van der Waals surface area contributed by atoms with Crippen LogP contribution in [-0.4, -0.2) is 70.3 Å². The molecule has 0 amide bonds. The summed E-state index contributed by atoms with van der Waals surface area (Å²) in [5.74, 6) is 0. The lowest BCUT2D eigenvalue weighted by Crippen LogP contribution is -3.00. The van der Waals surface area contributed by atoms with Gasteiger partial charge in [0.05, 0.1) is 27.7 Å². The quantitative estimate of drug-likeness (QED) is 0.407. The number of anilines is 2. The largest absolute Gasteiger partial charge is 1.00 e. The second-order valence-electron chi connectivity index (χ2n) is 8.46. The number of likely N-dealkylation sites (N-methyl/N-ethyl adjacent to an activating group) is 1. The van der Waals surface area contributed by atoms with Gasteiger partial charge in [-0.2, -0.15) is 0 Å². The van der Waals surface area contributed by atoms with Gasteiger partial charge < -0.3 is 32.4 Å². The maximum absolute atomic E-state index is 5.70. The van der Waals surface area contributed by atoms with Gasteiger partial charge in [0.1, 0.15) is 6.04 Å². The molecule has 1 unspecified atom stereocenters. The Kier molecular flexibility index (Phi) is 15.1. The highest BCUT2D eigenvalue weighted by Gasteiger charge is 2.32. The molecule has 1 heterocycles. The van der Waals surface area contributed by atoms with Crippen LogP contribution in [0.3, 0.4) is 0 Å². The number of nitrogens with zero attached hydrogens (tertiary/aromatic N) is 3. The SMILES string of the molecule is CCCCCCN(C)C.C[N+](C)(C)C1CCN(c2ccc(N)cc2)C1.Cl.[Cl-]. The monoisotopic (exact) mass is 420 g/mol. The molecule has 1 aromatic rings. The lowest BCUT2D eigenvalue weighted by Gasteiger charge is -2.31. The Bertz CT molecular complexity index is 472. The molecule has 6 heteroatoms. The zero-order valence-electron chi connectivity index (χ0n) is 18.2. The molecule has 2 rings (SSSR count). The van der Waals surface area contributed by atoms with Crippen molar-refractivity contribution < 1.29 is 16.9 Å². The number of nitrogen functional groups attached to an aromatic ring is 1. The summed E-state index contributed by atoms with van der Waals surface area (Å²) in [4.78, 5) is 4.70. The van der Waals surface area contributed by atoms with Crippen molar-refractivity contribution in [3.8, 4) is 0 Å². The molecular formula is C21H42Cl2N4. The second kappa shape index (κ2) is 14.3. The molecule has 1 aromatic carbocycles. The molecule has 1 atom stereocenters. The van der Waals surface area contributed by atoms with E-state index < -0.39 is 0 Å². The van der Waals surface area contributed by atoms with Crippen LogP contribution in [0, 0.1) is 0 Å². The van der Waals surface area contributed by atoms with Gasteiger partial charge in [-0.05, 0) is 51.3 Å². The number of unbranched alkanes of at least 4 members (excludes halogenated alkanes) is 3. The molecule has 0 saturated carbocycles. The Morgan fingerprint density at radius 2 is 1.67 bits per heavy atom. The topological polar surface area (TPSA) is 32.5 Å². The maximum Gasteiger partial charge on any atom is 0.108 e. The first-order valence-corrected chi connectivity index (χ1v) is 9.80. The van der Waals surface area contributed by atoms with Gasteiger partial charge in [0, 0.05) is 24.3 Å². The summed E-state index contributed by atoms with van der Waals surface area (Å²) in [6.07, 6.45) is 6.77. The molecule has 0 aliphatic carbocycles. The maximum atomic E-state index is 5.70. The summed E-state index contributed by atoms with van der Waals surface area (Å²) < 4.78 is 1.05. The zero-order chi connectivity index (χ0) is 18.9. The number of rotatable bonds is 7. The molecule has 4 nitrogen and oxygen atoms in total. The fourth-order valence-electron chi connectivity index (χ4n) is 3.15. The van der Waals surface area contributed by atoms with Crippen molar-refractivity contribution in [3.05, 3.63) is 24.3 Å². The molecule has 27 heavy (non-hydrogen) atoms. The van der Waals surface area contributed by atoms with Gasteiger partial charge in [-0.25, -0.2) is 0 Å². The lowest BCUT2D eigenvalue weighted by molar-refractivity contribution is -0.893. The van der Waals surface area contributed by atoms with Gasteiger partial charge in [-0.1, -0.05) is 26.2 Å². The van der Waals surface area contributed by atoms with Gasteiger partial charge in [-0.15, -0.1) is 12.4 Å². The molecule has 1 aliphatic heterocycles. The Morgan fingerprint density at radius 1 is 1.07 bits per heavy atom. The van der Waals surface area contributed by atoms with E-state index in [-0.39, 0.29) is 24.8 Å². The molecule has 160 valence electrons. The minimum atomic E-state index is 0. The third kappa shape index (κ3) is 11.7. The number of nitrogens with two attached hydrogens (primary N) is 1. The summed E-state index contributed by atoms with van der Waals surface area (Å²) in [6, 6.07) is 8.93. The minimum Gasteiger partial charge on any atom is -1.00 e. The highest BCUT2D eigenvalue weighted by Crippen LogP contribution is 2.24.